The lowest BCUT2D eigenvalue weighted by atomic mass is 9.95. The zero-order valence-electron chi connectivity index (χ0n) is 13.1. The molecule has 0 fully saturated rings. The number of Topliss-reactive ketones (excluding diaryl/α,β-unsaturated/α-hetero) is 2. The van der Waals surface area contributed by atoms with Crippen molar-refractivity contribution in [3.05, 3.63) is 46.8 Å². The van der Waals surface area contributed by atoms with E-state index >= 15 is 0 Å². The molecular formula is C17H17FO6. The second-order valence-corrected chi connectivity index (χ2v) is 5.37. The van der Waals surface area contributed by atoms with E-state index in [2.05, 4.69) is 9.78 Å². The predicted octanol–water partition coefficient (Wildman–Crippen LogP) is 2.74. The van der Waals surface area contributed by atoms with Gasteiger partial charge in [-0.3, -0.25) is 9.59 Å². The lowest BCUT2D eigenvalue weighted by molar-refractivity contribution is -0.265. The number of rotatable bonds is 8. The van der Waals surface area contributed by atoms with Crippen LogP contribution in [0.1, 0.15) is 40.0 Å². The van der Waals surface area contributed by atoms with E-state index in [1.54, 1.807) is 24.3 Å². The maximum absolute atomic E-state index is 13.6. The van der Waals surface area contributed by atoms with Gasteiger partial charge < -0.3 is 5.11 Å². The number of fused-ring (bicyclic) bond motifs is 1. The van der Waals surface area contributed by atoms with Crippen molar-refractivity contribution in [2.24, 2.45) is 5.92 Å². The molecule has 1 aromatic rings. The van der Waals surface area contributed by atoms with E-state index in [0.29, 0.717) is 11.1 Å². The summed E-state index contributed by atoms with van der Waals surface area (Å²) < 4.78 is 13.6. The Morgan fingerprint density at radius 2 is 1.79 bits per heavy atom. The van der Waals surface area contributed by atoms with Crippen molar-refractivity contribution in [2.45, 2.75) is 19.3 Å². The molecule has 0 heterocycles. The minimum absolute atomic E-state index is 0.0505. The van der Waals surface area contributed by atoms with Gasteiger partial charge in [0.05, 0.1) is 13.0 Å². The van der Waals surface area contributed by atoms with Crippen LogP contribution in [0.15, 0.2) is 35.7 Å². The second-order valence-electron chi connectivity index (χ2n) is 5.37. The van der Waals surface area contributed by atoms with E-state index in [9.17, 15) is 18.8 Å². The number of hydrogen-bond donors (Lipinski definition) is 1. The minimum atomic E-state index is -1.69. The SMILES string of the molecule is COOC/C(CCCC1C(=O)c2ccccc2C1=O)=C(/F)C(=O)O. The van der Waals surface area contributed by atoms with Gasteiger partial charge in [-0.05, 0) is 19.3 Å². The molecule has 6 nitrogen and oxygen atoms in total. The Hall–Kier alpha value is -2.38. The topological polar surface area (TPSA) is 89.9 Å². The number of hydrogen-bond acceptors (Lipinski definition) is 5. The zero-order valence-corrected chi connectivity index (χ0v) is 13.1. The Labute approximate surface area is 137 Å². The number of aliphatic carboxylic acids is 1. The van der Waals surface area contributed by atoms with Crippen molar-refractivity contribution >= 4 is 17.5 Å². The normalized spacial score (nSPS) is 15.4. The Morgan fingerprint density at radius 1 is 1.21 bits per heavy atom. The summed E-state index contributed by atoms with van der Waals surface area (Å²) in [4.78, 5) is 44.2. The molecule has 2 rings (SSSR count). The summed E-state index contributed by atoms with van der Waals surface area (Å²) in [6.07, 6.45) is 0.546. The van der Waals surface area contributed by atoms with Crippen molar-refractivity contribution in [1.29, 1.82) is 0 Å². The standard InChI is InChI=1S/C17H17FO6/c1-23-24-9-10(14(18)17(21)22)5-4-8-13-15(19)11-6-2-3-7-12(11)16(13)20/h2-3,6-7,13H,4-5,8-9H2,1H3,(H,21,22)/b14-10+. The van der Waals surface area contributed by atoms with Crippen LogP contribution in [0.25, 0.3) is 0 Å². The summed E-state index contributed by atoms with van der Waals surface area (Å²) in [6, 6.07) is 6.60. The lowest BCUT2D eigenvalue weighted by Crippen LogP contribution is -2.15. The first kappa shape index (κ1) is 18.0. The summed E-state index contributed by atoms with van der Waals surface area (Å²) in [6.45, 7) is -0.332. The highest BCUT2D eigenvalue weighted by Gasteiger charge is 2.37. The van der Waals surface area contributed by atoms with Gasteiger partial charge in [0.1, 0.15) is 6.61 Å². The lowest BCUT2D eigenvalue weighted by Gasteiger charge is -2.09. The maximum Gasteiger partial charge on any atom is 0.364 e. The molecule has 0 saturated heterocycles. The third-order valence-electron chi connectivity index (χ3n) is 3.91. The highest BCUT2D eigenvalue weighted by atomic mass is 19.1. The van der Waals surface area contributed by atoms with E-state index in [1.165, 1.54) is 7.11 Å². The summed E-state index contributed by atoms with van der Waals surface area (Å²) >= 11 is 0. The molecule has 1 aliphatic rings. The largest absolute Gasteiger partial charge is 0.476 e. The minimum Gasteiger partial charge on any atom is -0.476 e. The molecule has 0 atom stereocenters. The first-order valence-electron chi connectivity index (χ1n) is 7.41. The Kier molecular flexibility index (Phi) is 5.94. The fourth-order valence-corrected chi connectivity index (χ4v) is 2.72. The van der Waals surface area contributed by atoms with Crippen LogP contribution < -0.4 is 0 Å². The van der Waals surface area contributed by atoms with Crippen molar-refractivity contribution in [3.63, 3.8) is 0 Å². The number of carboxylic acids is 1. The summed E-state index contributed by atoms with van der Waals surface area (Å²) in [7, 11) is 1.23. The number of carbonyl (C=O) groups excluding carboxylic acids is 2. The molecule has 0 aromatic heterocycles. The molecule has 1 N–H and O–H groups in total. The number of halogens is 1. The molecule has 0 radical (unpaired) electrons. The molecular weight excluding hydrogens is 319 g/mol. The van der Waals surface area contributed by atoms with Gasteiger partial charge >= 0.3 is 5.97 Å². The van der Waals surface area contributed by atoms with E-state index in [4.69, 9.17) is 5.11 Å². The number of carbonyl (C=O) groups is 3. The molecule has 0 unspecified atom stereocenters. The van der Waals surface area contributed by atoms with Gasteiger partial charge in [-0.25, -0.2) is 14.6 Å². The van der Waals surface area contributed by atoms with Crippen LogP contribution >= 0.6 is 0 Å². The monoisotopic (exact) mass is 336 g/mol. The van der Waals surface area contributed by atoms with Crippen LogP contribution in [0.5, 0.6) is 0 Å². The first-order valence-corrected chi connectivity index (χ1v) is 7.41. The highest BCUT2D eigenvalue weighted by molar-refractivity contribution is 6.26. The number of carboxylic acid groups (broad SMARTS) is 1. The van der Waals surface area contributed by atoms with Gasteiger partial charge in [-0.15, -0.1) is 0 Å². The van der Waals surface area contributed by atoms with Crippen molar-refractivity contribution in [3.8, 4) is 0 Å². The second kappa shape index (κ2) is 7.94. The van der Waals surface area contributed by atoms with E-state index in [-0.39, 0.29) is 43.0 Å². The maximum atomic E-state index is 13.6. The van der Waals surface area contributed by atoms with E-state index in [1.807, 2.05) is 0 Å². The molecule has 128 valence electrons. The van der Waals surface area contributed by atoms with E-state index < -0.39 is 17.7 Å². The van der Waals surface area contributed by atoms with Crippen LogP contribution in [0.4, 0.5) is 4.39 Å². The van der Waals surface area contributed by atoms with Gasteiger partial charge in [0.25, 0.3) is 0 Å². The summed E-state index contributed by atoms with van der Waals surface area (Å²) in [5.41, 5.74) is 0.727. The Bertz CT molecular complexity index is 659. The van der Waals surface area contributed by atoms with Gasteiger partial charge in [-0.1, -0.05) is 24.3 Å². The zero-order chi connectivity index (χ0) is 17.7. The molecule has 24 heavy (non-hydrogen) atoms. The smallest absolute Gasteiger partial charge is 0.364 e. The van der Waals surface area contributed by atoms with Gasteiger partial charge in [0.15, 0.2) is 11.6 Å². The number of ketones is 2. The van der Waals surface area contributed by atoms with Crippen LogP contribution in [0.3, 0.4) is 0 Å². The molecule has 1 aliphatic carbocycles. The third kappa shape index (κ3) is 3.74. The van der Waals surface area contributed by atoms with Crippen LogP contribution in [-0.2, 0) is 14.6 Å². The van der Waals surface area contributed by atoms with Crippen molar-refractivity contribution in [2.75, 3.05) is 13.7 Å². The van der Waals surface area contributed by atoms with Crippen molar-refractivity contribution in [1.82, 2.24) is 0 Å². The Balaban J connectivity index is 2.01. The Morgan fingerprint density at radius 3 is 2.29 bits per heavy atom. The molecule has 0 aliphatic heterocycles. The average molecular weight is 336 g/mol. The van der Waals surface area contributed by atoms with Crippen molar-refractivity contribution < 1.29 is 33.7 Å². The molecule has 0 amide bonds. The van der Waals surface area contributed by atoms with Crippen LogP contribution in [0.2, 0.25) is 0 Å². The van der Waals surface area contributed by atoms with Gasteiger partial charge in [0, 0.05) is 16.7 Å². The quantitative estimate of drug-likeness (QED) is 0.340. The molecule has 0 spiro atoms. The average Bonchev–Trinajstić information content (AvgIpc) is 2.82. The molecule has 1 aromatic carbocycles. The van der Waals surface area contributed by atoms with Crippen LogP contribution in [0, 0.1) is 5.92 Å². The molecule has 0 saturated carbocycles. The molecule has 7 heteroatoms. The molecule has 0 bridgehead atoms. The fourth-order valence-electron chi connectivity index (χ4n) is 2.72. The van der Waals surface area contributed by atoms with Gasteiger partial charge in [-0.2, -0.15) is 4.39 Å². The fraction of sp³-hybridized carbons (Fsp3) is 0.353. The van der Waals surface area contributed by atoms with Crippen LogP contribution in [-0.4, -0.2) is 36.4 Å². The van der Waals surface area contributed by atoms with Gasteiger partial charge in [0.2, 0.25) is 5.83 Å². The highest BCUT2D eigenvalue weighted by Crippen LogP contribution is 2.30. The summed E-state index contributed by atoms with van der Waals surface area (Å²) in [5.74, 6) is -4.27. The predicted molar refractivity (Wildman–Crippen MR) is 81.2 cm³/mol. The number of benzene rings is 1. The van der Waals surface area contributed by atoms with E-state index in [0.717, 1.165) is 0 Å². The summed E-state index contributed by atoms with van der Waals surface area (Å²) in [5, 5.41) is 8.73. The third-order valence-corrected chi connectivity index (χ3v) is 3.91. The first-order chi connectivity index (χ1) is 11.5.